The number of hydrogen-bond acceptors (Lipinski definition) is 5. The van der Waals surface area contributed by atoms with Crippen LogP contribution < -0.4 is 14.4 Å². The van der Waals surface area contributed by atoms with Crippen LogP contribution in [0.4, 0.5) is 25.8 Å². The number of aryl methyl sites for hydroxylation is 3. The predicted octanol–water partition coefficient (Wildman–Crippen LogP) is 11.7. The number of pyridine rings is 2. The molecule has 8 heteroatoms. The van der Waals surface area contributed by atoms with Crippen molar-refractivity contribution < 1.29 is 38.7 Å². The zero-order chi connectivity index (χ0) is 34.6. The van der Waals surface area contributed by atoms with Crippen LogP contribution in [0.3, 0.4) is 0 Å². The first kappa shape index (κ1) is 35.2. The van der Waals surface area contributed by atoms with Crippen LogP contribution in [-0.4, -0.2) is 9.97 Å². The third-order valence-electron chi connectivity index (χ3n) is 8.09. The minimum atomic E-state index is -0.926. The Morgan fingerprint density at radius 2 is 1.22 bits per heavy atom. The van der Waals surface area contributed by atoms with E-state index in [4.69, 9.17) is 9.47 Å². The Balaban J connectivity index is 0.00000448. The molecule has 254 valence electrons. The van der Waals surface area contributed by atoms with Crippen LogP contribution in [-0.2, 0) is 20.4 Å². The molecular weight excluding hydrogens is 735 g/mol. The van der Waals surface area contributed by atoms with Gasteiger partial charge in [0.1, 0.15) is 0 Å². The molecule has 0 aliphatic heterocycles. The Morgan fingerprint density at radius 1 is 0.588 bits per heavy atom. The van der Waals surface area contributed by atoms with Gasteiger partial charge in [0.2, 0.25) is 5.88 Å². The van der Waals surface area contributed by atoms with Gasteiger partial charge in [0.05, 0.1) is 11.6 Å². The molecule has 0 unspecified atom stereocenters. The molecule has 0 saturated heterocycles. The number of halogens is 2. The van der Waals surface area contributed by atoms with Gasteiger partial charge in [0.25, 0.3) is 0 Å². The summed E-state index contributed by atoms with van der Waals surface area (Å²) in [5.41, 5.74) is 8.19. The second-order valence-corrected chi connectivity index (χ2v) is 11.8. The molecule has 0 aliphatic carbocycles. The predicted molar refractivity (Wildman–Crippen MR) is 192 cm³/mol. The van der Waals surface area contributed by atoms with Crippen molar-refractivity contribution in [3.05, 3.63) is 174 Å². The van der Waals surface area contributed by atoms with Crippen molar-refractivity contribution >= 4 is 17.1 Å². The average molecular weight is 766 g/mol. The topological polar surface area (TPSA) is 47.5 Å². The molecule has 0 aliphatic rings. The van der Waals surface area contributed by atoms with Crippen LogP contribution in [0.1, 0.15) is 16.7 Å². The van der Waals surface area contributed by atoms with E-state index in [0.29, 0.717) is 17.3 Å². The molecule has 0 amide bonds. The number of ether oxygens (including phenoxy) is 2. The third-order valence-corrected chi connectivity index (χ3v) is 8.09. The molecule has 5 nitrogen and oxygen atoms in total. The van der Waals surface area contributed by atoms with E-state index in [9.17, 15) is 4.39 Å². The minimum Gasteiger partial charge on any atom is -0.500 e. The maximum Gasteiger partial charge on any atom is 2.00 e. The van der Waals surface area contributed by atoms with Crippen LogP contribution in [0, 0.1) is 44.5 Å². The summed E-state index contributed by atoms with van der Waals surface area (Å²) in [4.78, 5) is 10.7. The molecule has 0 atom stereocenters. The first-order chi connectivity index (χ1) is 24.3. The van der Waals surface area contributed by atoms with Gasteiger partial charge in [0, 0.05) is 47.2 Å². The van der Waals surface area contributed by atoms with Gasteiger partial charge in [0.15, 0.2) is 0 Å². The summed E-state index contributed by atoms with van der Waals surface area (Å²) in [6, 6.07) is 42.9. The number of para-hydroxylation sites is 2. The van der Waals surface area contributed by atoms with E-state index < -0.39 is 11.6 Å². The van der Waals surface area contributed by atoms with Gasteiger partial charge in [-0.2, -0.15) is 0 Å². The largest absolute Gasteiger partial charge is 2.00 e. The van der Waals surface area contributed by atoms with Crippen molar-refractivity contribution in [2.24, 2.45) is 0 Å². The summed E-state index contributed by atoms with van der Waals surface area (Å²) in [5.74, 6) is -1.33. The van der Waals surface area contributed by atoms with E-state index in [1.165, 1.54) is 11.8 Å². The summed E-state index contributed by atoms with van der Waals surface area (Å²) in [6.07, 6.45) is 3.23. The van der Waals surface area contributed by atoms with Crippen molar-refractivity contribution in [2.75, 3.05) is 4.90 Å². The molecule has 0 N–H and O–H groups in total. The van der Waals surface area contributed by atoms with Crippen LogP contribution >= 0.6 is 0 Å². The van der Waals surface area contributed by atoms with Gasteiger partial charge >= 0.3 is 20.4 Å². The standard InChI is InChI=1S/C43H31F2N3O2.Pd/c1-28-20-29(2)43(30(3)21-28)31-17-19-47-42(22-31)50-36-24-34(48(32-12-6-4-7-13-32)33-14-8-5-9-15-33)23-35(25-36)49-41-26-37(38(44)27-39(41)45)40-16-10-11-18-46-40;/h4-24,27H,1-3H3;/q-2;+2. The van der Waals surface area contributed by atoms with E-state index in [2.05, 4.69) is 55.0 Å². The number of benzene rings is 5. The quantitative estimate of drug-likeness (QED) is 0.108. The maximum atomic E-state index is 15.3. The van der Waals surface area contributed by atoms with Crippen molar-refractivity contribution in [3.8, 4) is 45.5 Å². The molecule has 2 heterocycles. The fourth-order valence-electron chi connectivity index (χ4n) is 6.08. The number of anilines is 3. The van der Waals surface area contributed by atoms with Gasteiger partial charge in [-0.25, -0.2) is 4.98 Å². The second kappa shape index (κ2) is 15.5. The normalized spacial score (nSPS) is 10.7. The van der Waals surface area contributed by atoms with Gasteiger partial charge < -0.3 is 19.4 Å². The monoisotopic (exact) mass is 765 g/mol. The number of nitrogens with zero attached hydrogens (tertiary/aromatic N) is 3. The molecule has 51 heavy (non-hydrogen) atoms. The smallest absolute Gasteiger partial charge is 0.500 e. The van der Waals surface area contributed by atoms with E-state index in [-0.39, 0.29) is 43.2 Å². The summed E-state index contributed by atoms with van der Waals surface area (Å²) in [5, 5.41) is 0. The van der Waals surface area contributed by atoms with Gasteiger partial charge in [-0.15, -0.1) is 12.1 Å². The Morgan fingerprint density at radius 3 is 1.84 bits per heavy atom. The average Bonchev–Trinajstić information content (AvgIpc) is 3.11. The second-order valence-electron chi connectivity index (χ2n) is 11.8. The van der Waals surface area contributed by atoms with Gasteiger partial charge in [-0.05, 0) is 85.1 Å². The Labute approximate surface area is 309 Å². The molecule has 0 bridgehead atoms. The van der Waals surface area contributed by atoms with Crippen LogP contribution in [0.25, 0.3) is 22.4 Å². The summed E-state index contributed by atoms with van der Waals surface area (Å²) >= 11 is 0. The minimum absolute atomic E-state index is 0. The van der Waals surface area contributed by atoms with Crippen molar-refractivity contribution in [2.45, 2.75) is 20.8 Å². The molecule has 7 rings (SSSR count). The first-order valence-electron chi connectivity index (χ1n) is 16.0. The van der Waals surface area contributed by atoms with E-state index in [1.54, 1.807) is 30.5 Å². The van der Waals surface area contributed by atoms with Crippen LogP contribution in [0.2, 0.25) is 0 Å². The number of aromatic nitrogens is 2. The molecule has 7 aromatic rings. The Kier molecular flexibility index (Phi) is 10.7. The van der Waals surface area contributed by atoms with E-state index >= 15 is 4.39 Å². The molecule has 5 aromatic carbocycles. The van der Waals surface area contributed by atoms with Crippen LogP contribution in [0.5, 0.6) is 23.1 Å². The fourth-order valence-corrected chi connectivity index (χ4v) is 6.08. The summed E-state index contributed by atoms with van der Waals surface area (Å²) < 4.78 is 42.7. The third kappa shape index (κ3) is 7.89. The Bertz CT molecular complexity index is 2230. The zero-order valence-corrected chi connectivity index (χ0v) is 29.5. The van der Waals surface area contributed by atoms with Gasteiger partial charge in [-0.3, -0.25) is 8.78 Å². The Hall–Kier alpha value is -5.68. The van der Waals surface area contributed by atoms with E-state index in [0.717, 1.165) is 39.7 Å². The maximum absolute atomic E-state index is 15.3. The van der Waals surface area contributed by atoms with Crippen molar-refractivity contribution in [1.82, 2.24) is 9.97 Å². The SMILES string of the molecule is Cc1cc(C)c(-c2ccnc(Oc3[c-]c(Oc4[c-]c(-c5ccccn5)c(F)cc4F)cc(N(c4ccccc4)c4ccccc4)c3)c2)c(C)c1.[Pd+2]. The summed E-state index contributed by atoms with van der Waals surface area (Å²) in [7, 11) is 0. The number of hydrogen-bond donors (Lipinski definition) is 0. The molecule has 2 aromatic heterocycles. The molecule has 0 fully saturated rings. The van der Waals surface area contributed by atoms with E-state index in [1.807, 2.05) is 83.8 Å². The van der Waals surface area contributed by atoms with Crippen molar-refractivity contribution in [1.29, 1.82) is 0 Å². The van der Waals surface area contributed by atoms with Gasteiger partial charge in [-0.1, -0.05) is 95.7 Å². The fraction of sp³-hybridized carbons (Fsp3) is 0.0698. The first-order valence-corrected chi connectivity index (χ1v) is 16.0. The van der Waals surface area contributed by atoms with Crippen molar-refractivity contribution in [3.63, 3.8) is 0 Å². The number of rotatable bonds is 9. The molecular formula is C43H31F2N3O2Pd. The summed E-state index contributed by atoms with van der Waals surface area (Å²) in [6.45, 7) is 6.25. The zero-order valence-electron chi connectivity index (χ0n) is 27.9. The molecule has 0 spiro atoms. The van der Waals surface area contributed by atoms with Crippen LogP contribution in [0.15, 0.2) is 134 Å². The molecule has 0 radical (unpaired) electrons. The molecule has 0 saturated carbocycles.